The Balaban J connectivity index is 2.89. The summed E-state index contributed by atoms with van der Waals surface area (Å²) in [6, 6.07) is -0.664. The van der Waals surface area contributed by atoms with E-state index in [0.29, 0.717) is 0 Å². The molecule has 0 saturated heterocycles. The van der Waals surface area contributed by atoms with Crippen molar-refractivity contribution in [1.29, 1.82) is 0 Å². The molecule has 1 atom stereocenters. The van der Waals surface area contributed by atoms with Crippen LogP contribution in [-0.4, -0.2) is 39.7 Å². The lowest BCUT2D eigenvalue weighted by molar-refractivity contribution is -0.140. The molecular weight excluding hydrogens is 255 g/mol. The third kappa shape index (κ3) is 3.36. The van der Waals surface area contributed by atoms with Gasteiger partial charge in [-0.2, -0.15) is 0 Å². The summed E-state index contributed by atoms with van der Waals surface area (Å²) in [6.45, 7) is -0.790. The van der Waals surface area contributed by atoms with Crippen LogP contribution in [0.3, 0.4) is 0 Å². The van der Waals surface area contributed by atoms with E-state index in [2.05, 4.69) is 4.98 Å². The Bertz CT molecular complexity index is 455. The van der Waals surface area contributed by atoms with Crippen LogP contribution in [0.5, 0.6) is 0 Å². The standard InChI is InChI=1S/C9H8ClFN2O4/c10-7-5(1-4(11)2-12-7)8(15)13-6(3-14)9(16)17/h1-2,6,14H,3H2,(H,13,15)(H,16,17)/t6-/m0/s1. The molecule has 0 bridgehead atoms. The van der Waals surface area contributed by atoms with Crippen LogP contribution in [0.1, 0.15) is 10.4 Å². The Morgan fingerprint density at radius 2 is 2.24 bits per heavy atom. The van der Waals surface area contributed by atoms with E-state index in [1.165, 1.54) is 0 Å². The second-order valence-corrected chi connectivity index (χ2v) is 3.40. The zero-order valence-corrected chi connectivity index (χ0v) is 9.11. The molecule has 1 aromatic heterocycles. The van der Waals surface area contributed by atoms with Crippen LogP contribution in [0.15, 0.2) is 12.3 Å². The van der Waals surface area contributed by atoms with Crippen molar-refractivity contribution in [1.82, 2.24) is 10.3 Å². The average molecular weight is 263 g/mol. The van der Waals surface area contributed by atoms with Crippen molar-refractivity contribution in [3.05, 3.63) is 28.8 Å². The first-order valence-corrected chi connectivity index (χ1v) is 4.79. The number of carboxylic acids is 1. The molecule has 92 valence electrons. The summed E-state index contributed by atoms with van der Waals surface area (Å²) in [6.07, 6.45) is 0.819. The molecule has 0 spiro atoms. The van der Waals surface area contributed by atoms with E-state index < -0.39 is 30.3 Å². The molecule has 0 saturated carbocycles. The van der Waals surface area contributed by atoms with Gasteiger partial charge in [-0.15, -0.1) is 0 Å². The maximum atomic E-state index is 12.8. The van der Waals surface area contributed by atoms with E-state index in [1.807, 2.05) is 5.32 Å². The highest BCUT2D eigenvalue weighted by atomic mass is 35.5. The molecule has 0 aliphatic rings. The fourth-order valence-electron chi connectivity index (χ4n) is 1.00. The van der Waals surface area contributed by atoms with Crippen molar-refractivity contribution in [2.75, 3.05) is 6.61 Å². The number of amides is 1. The number of nitrogens with one attached hydrogen (secondary N) is 1. The van der Waals surface area contributed by atoms with E-state index in [1.54, 1.807) is 0 Å². The molecule has 1 aromatic rings. The SMILES string of the molecule is O=C(N[C@@H](CO)C(=O)O)c1cc(F)cnc1Cl. The van der Waals surface area contributed by atoms with Gasteiger partial charge in [0.15, 0.2) is 6.04 Å². The van der Waals surface area contributed by atoms with Gasteiger partial charge < -0.3 is 15.5 Å². The number of carboxylic acid groups (broad SMARTS) is 1. The van der Waals surface area contributed by atoms with Crippen LogP contribution < -0.4 is 5.32 Å². The third-order valence-electron chi connectivity index (χ3n) is 1.84. The van der Waals surface area contributed by atoms with Crippen molar-refractivity contribution in [2.45, 2.75) is 6.04 Å². The van der Waals surface area contributed by atoms with Crippen molar-refractivity contribution < 1.29 is 24.2 Å². The first-order valence-electron chi connectivity index (χ1n) is 4.41. The predicted molar refractivity (Wildman–Crippen MR) is 55.2 cm³/mol. The van der Waals surface area contributed by atoms with Crippen LogP contribution in [0.25, 0.3) is 0 Å². The molecule has 17 heavy (non-hydrogen) atoms. The highest BCUT2D eigenvalue weighted by Gasteiger charge is 2.21. The first-order chi connectivity index (χ1) is 7.95. The van der Waals surface area contributed by atoms with Crippen LogP contribution >= 0.6 is 11.6 Å². The van der Waals surface area contributed by atoms with Gasteiger partial charge >= 0.3 is 5.97 Å². The van der Waals surface area contributed by atoms with Crippen LogP contribution in [-0.2, 0) is 4.79 Å². The fourth-order valence-corrected chi connectivity index (χ4v) is 1.19. The minimum atomic E-state index is -1.48. The van der Waals surface area contributed by atoms with Crippen molar-refractivity contribution in [3.8, 4) is 0 Å². The van der Waals surface area contributed by atoms with Gasteiger partial charge in [-0.25, -0.2) is 14.2 Å². The summed E-state index contributed by atoms with van der Waals surface area (Å²) in [5.74, 6) is -3.12. The molecule has 3 N–H and O–H groups in total. The van der Waals surface area contributed by atoms with Gasteiger partial charge in [-0.3, -0.25) is 4.79 Å². The number of aromatic nitrogens is 1. The molecule has 6 nitrogen and oxygen atoms in total. The van der Waals surface area contributed by atoms with Crippen LogP contribution in [0.4, 0.5) is 4.39 Å². The lowest BCUT2D eigenvalue weighted by atomic mass is 10.2. The molecule has 1 rings (SSSR count). The number of rotatable bonds is 4. The Morgan fingerprint density at radius 1 is 1.59 bits per heavy atom. The zero-order chi connectivity index (χ0) is 13.0. The van der Waals surface area contributed by atoms with Gasteiger partial charge in [-0.05, 0) is 6.07 Å². The number of halogens is 2. The Hall–Kier alpha value is -1.73. The molecule has 0 aliphatic heterocycles. The van der Waals surface area contributed by atoms with Crippen molar-refractivity contribution in [3.63, 3.8) is 0 Å². The summed E-state index contributed by atoms with van der Waals surface area (Å²) in [4.78, 5) is 25.5. The molecule has 1 amide bonds. The van der Waals surface area contributed by atoms with Gasteiger partial charge in [0, 0.05) is 0 Å². The monoisotopic (exact) mass is 262 g/mol. The maximum Gasteiger partial charge on any atom is 0.328 e. The second kappa shape index (κ2) is 5.55. The van der Waals surface area contributed by atoms with E-state index in [-0.39, 0.29) is 10.7 Å². The number of nitrogens with zero attached hydrogens (tertiary/aromatic N) is 1. The molecule has 0 aliphatic carbocycles. The number of pyridine rings is 1. The molecule has 0 radical (unpaired) electrons. The summed E-state index contributed by atoms with van der Waals surface area (Å²) in [5, 5.41) is 19.0. The van der Waals surface area contributed by atoms with Gasteiger partial charge in [0.05, 0.1) is 18.4 Å². The number of hydrogen-bond acceptors (Lipinski definition) is 4. The van der Waals surface area contributed by atoms with Crippen LogP contribution in [0, 0.1) is 5.82 Å². The van der Waals surface area contributed by atoms with Gasteiger partial charge in [-0.1, -0.05) is 11.6 Å². The number of aliphatic hydroxyl groups is 1. The quantitative estimate of drug-likeness (QED) is 0.666. The minimum absolute atomic E-state index is 0.258. The largest absolute Gasteiger partial charge is 0.480 e. The van der Waals surface area contributed by atoms with E-state index in [9.17, 15) is 14.0 Å². The van der Waals surface area contributed by atoms with E-state index in [0.717, 1.165) is 12.3 Å². The van der Waals surface area contributed by atoms with Crippen LogP contribution in [0.2, 0.25) is 5.15 Å². The molecule has 8 heteroatoms. The predicted octanol–water partition coefficient (Wildman–Crippen LogP) is 0.0494. The van der Waals surface area contributed by atoms with Gasteiger partial charge in [0.25, 0.3) is 5.91 Å². The first kappa shape index (κ1) is 13.3. The highest BCUT2D eigenvalue weighted by molar-refractivity contribution is 6.32. The lowest BCUT2D eigenvalue weighted by Crippen LogP contribution is -2.43. The third-order valence-corrected chi connectivity index (χ3v) is 2.14. The summed E-state index contributed by atoms with van der Waals surface area (Å²) >= 11 is 5.55. The molecular formula is C9H8ClFN2O4. The zero-order valence-electron chi connectivity index (χ0n) is 8.35. The Kier molecular flexibility index (Phi) is 4.36. The Labute approximate surface area is 100 Å². The lowest BCUT2D eigenvalue weighted by Gasteiger charge is -2.11. The van der Waals surface area contributed by atoms with Crippen molar-refractivity contribution >= 4 is 23.5 Å². The fraction of sp³-hybridized carbons (Fsp3) is 0.222. The normalized spacial score (nSPS) is 11.9. The molecule has 0 aromatic carbocycles. The topological polar surface area (TPSA) is 99.5 Å². The summed E-state index contributed by atoms with van der Waals surface area (Å²) < 4.78 is 12.8. The minimum Gasteiger partial charge on any atom is -0.480 e. The number of hydrogen-bond donors (Lipinski definition) is 3. The molecule has 1 heterocycles. The van der Waals surface area contributed by atoms with Crippen molar-refractivity contribution in [2.24, 2.45) is 0 Å². The number of aliphatic carboxylic acids is 1. The highest BCUT2D eigenvalue weighted by Crippen LogP contribution is 2.13. The van der Waals surface area contributed by atoms with E-state index in [4.69, 9.17) is 21.8 Å². The smallest absolute Gasteiger partial charge is 0.328 e. The summed E-state index contributed by atoms with van der Waals surface area (Å²) in [5.41, 5.74) is -0.300. The van der Waals surface area contributed by atoms with Gasteiger partial charge in [0.2, 0.25) is 0 Å². The number of carbonyl (C=O) groups excluding carboxylic acids is 1. The number of aliphatic hydroxyl groups excluding tert-OH is 1. The molecule has 0 fully saturated rings. The maximum absolute atomic E-state index is 12.8. The average Bonchev–Trinajstić information content (AvgIpc) is 2.28. The number of carbonyl (C=O) groups is 2. The van der Waals surface area contributed by atoms with E-state index >= 15 is 0 Å². The Morgan fingerprint density at radius 3 is 2.76 bits per heavy atom. The second-order valence-electron chi connectivity index (χ2n) is 3.04. The van der Waals surface area contributed by atoms with Gasteiger partial charge in [0.1, 0.15) is 11.0 Å². The summed E-state index contributed by atoms with van der Waals surface area (Å²) in [7, 11) is 0. The molecule has 0 unspecified atom stereocenters.